The number of benzene rings is 1. The Bertz CT molecular complexity index is 717. The Kier molecular flexibility index (Phi) is 7.46. The highest BCUT2D eigenvalue weighted by Crippen LogP contribution is 2.26. The minimum Gasteiger partial charge on any atom is -0.504 e. The van der Waals surface area contributed by atoms with Crippen LogP contribution in [0.1, 0.15) is 15.9 Å². The van der Waals surface area contributed by atoms with Gasteiger partial charge in [-0.1, -0.05) is 6.07 Å². The number of hydrazine groups is 1. The number of amides is 1. The lowest BCUT2D eigenvalue weighted by atomic mass is 10.2. The highest BCUT2D eigenvalue weighted by Gasteiger charge is 2.00. The van der Waals surface area contributed by atoms with Crippen LogP contribution in [0, 0.1) is 0 Å². The third-order valence-corrected chi connectivity index (χ3v) is 2.70. The molecule has 0 bridgehead atoms. The Labute approximate surface area is 138 Å². The van der Waals surface area contributed by atoms with Crippen molar-refractivity contribution < 1.29 is 24.5 Å². The number of hydrogen-bond acceptors (Lipinski definition) is 6. The van der Waals surface area contributed by atoms with Crippen molar-refractivity contribution in [3.8, 4) is 11.5 Å². The molecule has 1 aromatic heterocycles. The Morgan fingerprint density at radius 2 is 1.92 bits per heavy atom. The predicted molar refractivity (Wildman–Crippen MR) is 87.2 cm³/mol. The van der Waals surface area contributed by atoms with Gasteiger partial charge in [-0.2, -0.15) is 0 Å². The van der Waals surface area contributed by atoms with Crippen LogP contribution in [0.2, 0.25) is 0 Å². The number of aliphatic carboxylic acids is 1. The summed E-state index contributed by atoms with van der Waals surface area (Å²) in [6, 6.07) is 7.76. The first kappa shape index (κ1) is 18.7. The fourth-order valence-corrected chi connectivity index (χ4v) is 1.55. The molecule has 2 aromatic rings. The quantitative estimate of drug-likeness (QED) is 0.286. The van der Waals surface area contributed by atoms with Crippen molar-refractivity contribution in [2.24, 2.45) is 5.84 Å². The summed E-state index contributed by atoms with van der Waals surface area (Å²) in [5.41, 5.74) is 3.18. The normalized spacial score (nSPS) is 9.75. The summed E-state index contributed by atoms with van der Waals surface area (Å²) in [7, 11) is 1.43. The second-order valence-corrected chi connectivity index (χ2v) is 4.31. The maximum atomic E-state index is 10.7. The lowest BCUT2D eigenvalue weighted by Crippen LogP contribution is -2.29. The lowest BCUT2D eigenvalue weighted by Gasteiger charge is -2.03. The largest absolute Gasteiger partial charge is 0.504 e. The molecule has 0 atom stereocenters. The highest BCUT2D eigenvalue weighted by atomic mass is 16.5. The zero-order valence-electron chi connectivity index (χ0n) is 12.8. The first-order valence-electron chi connectivity index (χ1n) is 6.67. The van der Waals surface area contributed by atoms with Crippen molar-refractivity contribution in [2.45, 2.75) is 0 Å². The topological polar surface area (TPSA) is 135 Å². The predicted octanol–water partition coefficient (Wildman–Crippen LogP) is 1.18. The molecule has 0 fully saturated rings. The van der Waals surface area contributed by atoms with Gasteiger partial charge in [0.1, 0.15) is 0 Å². The van der Waals surface area contributed by atoms with Gasteiger partial charge in [0, 0.05) is 24.0 Å². The third-order valence-electron chi connectivity index (χ3n) is 2.70. The summed E-state index contributed by atoms with van der Waals surface area (Å²) in [4.78, 5) is 24.7. The zero-order chi connectivity index (χ0) is 17.9. The van der Waals surface area contributed by atoms with Gasteiger partial charge in [0.15, 0.2) is 11.5 Å². The average molecular weight is 331 g/mol. The summed E-state index contributed by atoms with van der Waals surface area (Å²) in [5.74, 6) is 3.91. The summed E-state index contributed by atoms with van der Waals surface area (Å²) in [6.45, 7) is 0. The summed E-state index contributed by atoms with van der Waals surface area (Å²) in [5, 5.41) is 17.6. The van der Waals surface area contributed by atoms with Crippen LogP contribution in [0.15, 0.2) is 48.8 Å². The SMILES string of the molecule is COc1cc(/C=C/C(=O)O)ccc1O.NNC(=O)c1ccncc1. The second kappa shape index (κ2) is 9.59. The van der Waals surface area contributed by atoms with Crippen molar-refractivity contribution >= 4 is 18.0 Å². The Morgan fingerprint density at radius 1 is 1.25 bits per heavy atom. The van der Waals surface area contributed by atoms with Crippen molar-refractivity contribution in [3.63, 3.8) is 0 Å². The number of carboxylic acids is 1. The number of methoxy groups -OCH3 is 1. The van der Waals surface area contributed by atoms with Crippen LogP contribution >= 0.6 is 0 Å². The van der Waals surface area contributed by atoms with Gasteiger partial charge >= 0.3 is 5.97 Å². The number of carbonyl (C=O) groups is 2. The molecule has 1 aromatic carbocycles. The maximum Gasteiger partial charge on any atom is 0.328 e. The summed E-state index contributed by atoms with van der Waals surface area (Å²) >= 11 is 0. The number of nitrogen functional groups attached to an aromatic ring is 1. The number of aromatic hydroxyl groups is 1. The van der Waals surface area contributed by atoms with Gasteiger partial charge in [-0.05, 0) is 35.9 Å². The molecule has 126 valence electrons. The van der Waals surface area contributed by atoms with Crippen LogP contribution in [0.3, 0.4) is 0 Å². The van der Waals surface area contributed by atoms with Gasteiger partial charge in [0.25, 0.3) is 5.91 Å². The monoisotopic (exact) mass is 331 g/mol. The van der Waals surface area contributed by atoms with Crippen molar-refractivity contribution in [2.75, 3.05) is 7.11 Å². The van der Waals surface area contributed by atoms with E-state index >= 15 is 0 Å². The minimum atomic E-state index is -1.02. The van der Waals surface area contributed by atoms with Gasteiger partial charge < -0.3 is 14.9 Å². The molecule has 0 spiro atoms. The molecule has 24 heavy (non-hydrogen) atoms. The van der Waals surface area contributed by atoms with E-state index in [0.29, 0.717) is 16.9 Å². The second-order valence-electron chi connectivity index (χ2n) is 4.31. The first-order chi connectivity index (χ1) is 11.5. The molecule has 1 heterocycles. The molecule has 0 saturated heterocycles. The van der Waals surface area contributed by atoms with E-state index in [1.807, 2.05) is 5.43 Å². The lowest BCUT2D eigenvalue weighted by molar-refractivity contribution is -0.131. The van der Waals surface area contributed by atoms with Gasteiger partial charge in [-0.3, -0.25) is 15.2 Å². The number of phenolic OH excluding ortho intramolecular Hbond substituents is 1. The highest BCUT2D eigenvalue weighted by molar-refractivity contribution is 5.93. The molecular weight excluding hydrogens is 314 g/mol. The van der Waals surface area contributed by atoms with Gasteiger partial charge in [0.2, 0.25) is 0 Å². The summed E-state index contributed by atoms with van der Waals surface area (Å²) < 4.78 is 4.86. The van der Waals surface area contributed by atoms with Crippen LogP contribution < -0.4 is 16.0 Å². The van der Waals surface area contributed by atoms with Gasteiger partial charge in [-0.15, -0.1) is 0 Å². The van der Waals surface area contributed by atoms with E-state index in [-0.39, 0.29) is 11.7 Å². The number of rotatable bonds is 4. The fraction of sp³-hybridized carbons (Fsp3) is 0.0625. The average Bonchev–Trinajstić information content (AvgIpc) is 2.61. The molecule has 8 heteroatoms. The molecule has 1 amide bonds. The molecule has 2 rings (SSSR count). The van der Waals surface area contributed by atoms with E-state index in [4.69, 9.17) is 15.7 Å². The van der Waals surface area contributed by atoms with Crippen LogP contribution in [0.5, 0.6) is 11.5 Å². The Balaban J connectivity index is 0.000000254. The van der Waals surface area contributed by atoms with Crippen LogP contribution in [0.25, 0.3) is 6.08 Å². The van der Waals surface area contributed by atoms with Crippen molar-refractivity contribution in [1.82, 2.24) is 10.4 Å². The van der Waals surface area contributed by atoms with E-state index in [0.717, 1.165) is 6.08 Å². The number of nitrogens with one attached hydrogen (secondary N) is 1. The number of ether oxygens (including phenoxy) is 1. The Morgan fingerprint density at radius 3 is 2.46 bits per heavy atom. The molecule has 8 nitrogen and oxygen atoms in total. The van der Waals surface area contributed by atoms with E-state index < -0.39 is 5.97 Å². The zero-order valence-corrected chi connectivity index (χ0v) is 12.8. The van der Waals surface area contributed by atoms with Crippen molar-refractivity contribution in [1.29, 1.82) is 0 Å². The molecule has 0 aliphatic rings. The maximum absolute atomic E-state index is 10.7. The van der Waals surface area contributed by atoms with E-state index in [9.17, 15) is 14.7 Å². The fourth-order valence-electron chi connectivity index (χ4n) is 1.55. The number of pyridine rings is 1. The third kappa shape index (κ3) is 6.16. The molecule has 0 saturated carbocycles. The molecule has 5 N–H and O–H groups in total. The number of nitrogens with two attached hydrogens (primary N) is 1. The van der Waals surface area contributed by atoms with Crippen molar-refractivity contribution in [3.05, 3.63) is 59.9 Å². The molecule has 0 aliphatic carbocycles. The number of phenols is 1. The van der Waals surface area contributed by atoms with Crippen LogP contribution in [-0.4, -0.2) is 34.2 Å². The number of aromatic nitrogens is 1. The van der Waals surface area contributed by atoms with Crippen LogP contribution in [-0.2, 0) is 4.79 Å². The molecule has 0 aliphatic heterocycles. The minimum absolute atomic E-state index is 0.0278. The number of hydrogen-bond donors (Lipinski definition) is 4. The Hall–Kier alpha value is -3.39. The van der Waals surface area contributed by atoms with E-state index in [1.54, 1.807) is 24.3 Å². The number of nitrogens with zero attached hydrogens (tertiary/aromatic N) is 1. The number of carbonyl (C=O) groups excluding carboxylic acids is 1. The van der Waals surface area contributed by atoms with Crippen LogP contribution in [0.4, 0.5) is 0 Å². The molecule has 0 radical (unpaired) electrons. The summed E-state index contributed by atoms with van der Waals surface area (Å²) in [6.07, 6.45) is 5.51. The van der Waals surface area contributed by atoms with Gasteiger partial charge in [-0.25, -0.2) is 10.6 Å². The first-order valence-corrected chi connectivity index (χ1v) is 6.67. The smallest absolute Gasteiger partial charge is 0.328 e. The molecule has 0 unspecified atom stereocenters. The standard InChI is InChI=1S/C10H10O4.C6H7N3O/c1-14-9-6-7(2-4-8(9)11)3-5-10(12)13;7-9-6(10)5-1-3-8-4-2-5/h2-6,11H,1H3,(H,12,13);1-4H,7H2,(H,9,10)/b5-3+;. The van der Waals surface area contributed by atoms with E-state index in [2.05, 4.69) is 4.98 Å². The number of carboxylic acid groups (broad SMARTS) is 1. The molecular formula is C16H17N3O5. The van der Waals surface area contributed by atoms with E-state index in [1.165, 1.54) is 31.6 Å². The van der Waals surface area contributed by atoms with Gasteiger partial charge in [0.05, 0.1) is 7.11 Å².